The minimum Gasteiger partial charge on any atom is -0.185 e. The molecule has 0 saturated carbocycles. The number of allylic oxidation sites excluding steroid dienone is 2. The van der Waals surface area contributed by atoms with Crippen molar-refractivity contribution >= 4 is 5.57 Å². The molecule has 0 N–H and O–H groups in total. The summed E-state index contributed by atoms with van der Waals surface area (Å²) in [7, 11) is 0. The molecule has 0 saturated heterocycles. The minimum atomic E-state index is 0.599. The molecule has 116 valence electrons. The number of azo groups is 1. The molecule has 0 aliphatic heterocycles. The van der Waals surface area contributed by atoms with Crippen molar-refractivity contribution in [2.75, 3.05) is 6.54 Å². The van der Waals surface area contributed by atoms with Crippen molar-refractivity contribution in [2.45, 2.75) is 45.4 Å². The summed E-state index contributed by atoms with van der Waals surface area (Å²) in [6, 6.07) is 6.85. The third-order valence-electron chi connectivity index (χ3n) is 4.13. The zero-order valence-corrected chi connectivity index (χ0v) is 13.6. The largest absolute Gasteiger partial charge is 0.185 e. The quantitative estimate of drug-likeness (QED) is 0.442. The highest BCUT2D eigenvalue weighted by atomic mass is 15.1. The first-order valence-electron chi connectivity index (χ1n) is 8.15. The van der Waals surface area contributed by atoms with Crippen molar-refractivity contribution < 1.29 is 0 Å². The number of aryl methyl sites for hydroxylation is 2. The van der Waals surface area contributed by atoms with E-state index >= 15 is 0 Å². The normalized spacial score (nSPS) is 14.4. The van der Waals surface area contributed by atoms with Crippen LogP contribution in [0.2, 0.25) is 0 Å². The van der Waals surface area contributed by atoms with E-state index in [9.17, 15) is 0 Å². The maximum atomic E-state index is 4.25. The predicted octanol–water partition coefficient (Wildman–Crippen LogP) is 5.90. The van der Waals surface area contributed by atoms with Gasteiger partial charge in [-0.05, 0) is 67.7 Å². The van der Waals surface area contributed by atoms with Crippen LogP contribution in [0.25, 0.3) is 5.57 Å². The second-order valence-corrected chi connectivity index (χ2v) is 5.94. The molecule has 0 unspecified atom stereocenters. The number of fused-ring (bicyclic) bond motifs is 1. The van der Waals surface area contributed by atoms with Gasteiger partial charge in [0, 0.05) is 6.20 Å². The molecule has 22 heavy (non-hydrogen) atoms. The van der Waals surface area contributed by atoms with Crippen LogP contribution in [0, 0.1) is 0 Å². The number of nitrogens with zero attached hydrogens (tertiary/aromatic N) is 2. The lowest BCUT2D eigenvalue weighted by molar-refractivity contribution is 0.685. The average Bonchev–Trinajstić information content (AvgIpc) is 2.56. The van der Waals surface area contributed by atoms with Crippen molar-refractivity contribution in [3.8, 4) is 0 Å². The van der Waals surface area contributed by atoms with Crippen LogP contribution in [-0.4, -0.2) is 6.54 Å². The summed E-state index contributed by atoms with van der Waals surface area (Å²) >= 11 is 0. The summed E-state index contributed by atoms with van der Waals surface area (Å²) in [5.74, 6) is 0. The molecule has 1 aliphatic carbocycles. The second kappa shape index (κ2) is 8.47. The Morgan fingerprint density at radius 2 is 1.91 bits per heavy atom. The minimum absolute atomic E-state index is 0.599. The zero-order chi connectivity index (χ0) is 15.8. The van der Waals surface area contributed by atoms with Gasteiger partial charge in [-0.2, -0.15) is 10.2 Å². The highest BCUT2D eigenvalue weighted by Crippen LogP contribution is 2.27. The number of benzene rings is 1. The van der Waals surface area contributed by atoms with Crippen LogP contribution in [0.5, 0.6) is 0 Å². The van der Waals surface area contributed by atoms with E-state index in [0.717, 1.165) is 18.4 Å². The van der Waals surface area contributed by atoms with Gasteiger partial charge in [0.25, 0.3) is 0 Å². The van der Waals surface area contributed by atoms with E-state index in [-0.39, 0.29) is 0 Å². The maximum Gasteiger partial charge on any atom is 0.0811 e. The van der Waals surface area contributed by atoms with E-state index in [1.807, 2.05) is 13.0 Å². The van der Waals surface area contributed by atoms with Gasteiger partial charge in [-0.1, -0.05) is 43.0 Å². The molecule has 2 rings (SSSR count). The van der Waals surface area contributed by atoms with E-state index in [2.05, 4.69) is 41.6 Å². The summed E-state index contributed by atoms with van der Waals surface area (Å²) in [6.45, 7) is 10.8. The molecule has 1 aliphatic rings. The van der Waals surface area contributed by atoms with E-state index in [1.54, 1.807) is 6.20 Å². The Labute approximate surface area is 134 Å². The molecule has 0 amide bonds. The molecular formula is C20H26N2. The molecule has 0 aromatic heterocycles. The lowest BCUT2D eigenvalue weighted by atomic mass is 9.88. The Balaban J connectivity index is 1.86. The van der Waals surface area contributed by atoms with Crippen LogP contribution in [0.3, 0.4) is 0 Å². The maximum absolute atomic E-state index is 4.25. The summed E-state index contributed by atoms with van der Waals surface area (Å²) in [5.41, 5.74) is 6.62. The van der Waals surface area contributed by atoms with Crippen molar-refractivity contribution in [3.05, 3.63) is 65.9 Å². The Morgan fingerprint density at radius 1 is 1.14 bits per heavy atom. The standard InChI is InChI=1S/C20H26N2/c1-4-13-21-22-15-16(2)9-10-17(3)19-12-11-18-7-5-6-8-20(18)14-19/h4,11-14H,2-3,5-10,15H2,1H3/b13-4-,22-21-. The van der Waals surface area contributed by atoms with Gasteiger partial charge < -0.3 is 0 Å². The van der Waals surface area contributed by atoms with Crippen molar-refractivity contribution in [3.63, 3.8) is 0 Å². The van der Waals surface area contributed by atoms with Crippen LogP contribution in [-0.2, 0) is 12.8 Å². The predicted molar refractivity (Wildman–Crippen MR) is 95.0 cm³/mol. The molecule has 0 fully saturated rings. The monoisotopic (exact) mass is 294 g/mol. The number of hydrogen-bond acceptors (Lipinski definition) is 2. The Hall–Kier alpha value is -1.96. The molecule has 0 radical (unpaired) electrons. The van der Waals surface area contributed by atoms with Crippen molar-refractivity contribution in [1.82, 2.24) is 0 Å². The van der Waals surface area contributed by atoms with Crippen molar-refractivity contribution in [1.29, 1.82) is 0 Å². The molecule has 0 atom stereocenters. The molecule has 1 aromatic carbocycles. The molecule has 0 spiro atoms. The first-order chi connectivity index (χ1) is 10.7. The van der Waals surface area contributed by atoms with Crippen LogP contribution in [0.4, 0.5) is 0 Å². The lowest BCUT2D eigenvalue weighted by Crippen LogP contribution is -2.03. The van der Waals surface area contributed by atoms with Gasteiger partial charge in [0.05, 0.1) is 6.54 Å². The summed E-state index contributed by atoms with van der Waals surface area (Å²) in [6.07, 6.45) is 10.5. The fourth-order valence-corrected chi connectivity index (χ4v) is 2.76. The summed E-state index contributed by atoms with van der Waals surface area (Å²) in [4.78, 5) is 0. The third kappa shape index (κ3) is 4.80. The molecule has 2 heteroatoms. The Bertz CT molecular complexity index is 594. The summed E-state index contributed by atoms with van der Waals surface area (Å²) < 4.78 is 0. The second-order valence-electron chi connectivity index (χ2n) is 5.94. The molecule has 2 nitrogen and oxygen atoms in total. The van der Waals surface area contributed by atoms with E-state index in [4.69, 9.17) is 0 Å². The zero-order valence-electron chi connectivity index (χ0n) is 13.6. The Morgan fingerprint density at radius 3 is 2.68 bits per heavy atom. The van der Waals surface area contributed by atoms with Gasteiger partial charge in [-0.15, -0.1) is 0 Å². The van der Waals surface area contributed by atoms with Gasteiger partial charge in [0.15, 0.2) is 0 Å². The highest BCUT2D eigenvalue weighted by molar-refractivity contribution is 5.64. The van der Waals surface area contributed by atoms with Gasteiger partial charge in [-0.25, -0.2) is 0 Å². The fourth-order valence-electron chi connectivity index (χ4n) is 2.76. The number of rotatable bonds is 7. The van der Waals surface area contributed by atoms with Crippen LogP contribution in [0.15, 0.2) is 59.4 Å². The number of hydrogen-bond donors (Lipinski definition) is 0. The van der Waals surface area contributed by atoms with E-state index < -0.39 is 0 Å². The van der Waals surface area contributed by atoms with Crippen LogP contribution >= 0.6 is 0 Å². The van der Waals surface area contributed by atoms with E-state index in [1.165, 1.54) is 47.9 Å². The first-order valence-corrected chi connectivity index (χ1v) is 8.15. The topological polar surface area (TPSA) is 24.7 Å². The molecule has 1 aromatic rings. The van der Waals surface area contributed by atoms with Gasteiger partial charge in [-0.3, -0.25) is 0 Å². The summed E-state index contributed by atoms with van der Waals surface area (Å²) in [5, 5.41) is 8.00. The fraction of sp³-hybridized carbons (Fsp3) is 0.400. The van der Waals surface area contributed by atoms with Crippen molar-refractivity contribution in [2.24, 2.45) is 10.2 Å². The Kier molecular flexibility index (Phi) is 6.32. The van der Waals surface area contributed by atoms with Gasteiger partial charge >= 0.3 is 0 Å². The lowest BCUT2D eigenvalue weighted by Gasteiger charge is -2.17. The highest BCUT2D eigenvalue weighted by Gasteiger charge is 2.10. The first kappa shape index (κ1) is 16.4. The van der Waals surface area contributed by atoms with E-state index in [0.29, 0.717) is 6.54 Å². The smallest absolute Gasteiger partial charge is 0.0811 e. The van der Waals surface area contributed by atoms with Gasteiger partial charge in [0.2, 0.25) is 0 Å². The molecule has 0 heterocycles. The SMILES string of the molecule is C=C(CCC(=C)c1ccc2c(c1)CCCC2)C/N=N\C=C/C. The third-order valence-corrected chi connectivity index (χ3v) is 4.13. The van der Waals surface area contributed by atoms with Gasteiger partial charge in [0.1, 0.15) is 0 Å². The van der Waals surface area contributed by atoms with Crippen LogP contribution in [0.1, 0.15) is 49.3 Å². The molecule has 0 bridgehead atoms. The van der Waals surface area contributed by atoms with Crippen LogP contribution < -0.4 is 0 Å². The average molecular weight is 294 g/mol. The molecular weight excluding hydrogens is 268 g/mol.